The van der Waals surface area contributed by atoms with Crippen LogP contribution in [0.15, 0.2) is 53.5 Å². The number of H-pyrrole nitrogens is 1. The van der Waals surface area contributed by atoms with Crippen LogP contribution in [-0.2, 0) is 9.53 Å². The summed E-state index contributed by atoms with van der Waals surface area (Å²) in [4.78, 5) is 36.2. The van der Waals surface area contributed by atoms with Crippen LogP contribution >= 0.6 is 0 Å². The number of aromatic nitrogens is 2. The van der Waals surface area contributed by atoms with Crippen LogP contribution in [-0.4, -0.2) is 66.8 Å². The highest BCUT2D eigenvalue weighted by Crippen LogP contribution is 2.37. The molecule has 0 aliphatic carbocycles. The highest BCUT2D eigenvalue weighted by atomic mass is 16.5. The molecule has 0 bridgehead atoms. The zero-order valence-electron chi connectivity index (χ0n) is 19.4. The van der Waals surface area contributed by atoms with E-state index in [2.05, 4.69) is 23.0 Å². The Balaban J connectivity index is 1.28. The fourth-order valence-electron chi connectivity index (χ4n) is 4.51. The van der Waals surface area contributed by atoms with Gasteiger partial charge in [-0.3, -0.25) is 9.59 Å². The summed E-state index contributed by atoms with van der Waals surface area (Å²) in [5, 5.41) is 0.815. The second-order valence-electron chi connectivity index (χ2n) is 8.82. The molecule has 2 atom stereocenters. The van der Waals surface area contributed by atoms with Crippen LogP contribution < -0.4 is 15.2 Å². The van der Waals surface area contributed by atoms with Gasteiger partial charge in [0.15, 0.2) is 0 Å². The van der Waals surface area contributed by atoms with E-state index in [-0.39, 0.29) is 23.5 Å². The molecule has 1 saturated heterocycles. The van der Waals surface area contributed by atoms with E-state index in [9.17, 15) is 9.59 Å². The van der Waals surface area contributed by atoms with Crippen LogP contribution in [0.25, 0.3) is 17.1 Å². The number of aromatic amines is 1. The number of nitrogens with one attached hydrogen (secondary N) is 1. The molecule has 176 valence electrons. The molecule has 3 aromatic rings. The lowest BCUT2D eigenvalue weighted by atomic mass is 9.97. The fraction of sp³-hybridized carbons (Fsp3) is 0.346. The van der Waals surface area contributed by atoms with Gasteiger partial charge in [-0.2, -0.15) is 0 Å². The lowest BCUT2D eigenvalue weighted by Crippen LogP contribution is -2.39. The Morgan fingerprint density at radius 2 is 2.06 bits per heavy atom. The van der Waals surface area contributed by atoms with E-state index in [1.165, 1.54) is 5.56 Å². The predicted octanol–water partition coefficient (Wildman–Crippen LogP) is 2.80. The van der Waals surface area contributed by atoms with Gasteiger partial charge in [0.2, 0.25) is 5.91 Å². The lowest BCUT2D eigenvalue weighted by molar-refractivity contribution is -0.125. The Morgan fingerprint density at radius 1 is 1.26 bits per heavy atom. The van der Waals surface area contributed by atoms with Crippen molar-refractivity contribution in [3.63, 3.8) is 0 Å². The van der Waals surface area contributed by atoms with Crippen molar-refractivity contribution >= 4 is 28.7 Å². The van der Waals surface area contributed by atoms with Crippen LogP contribution in [0.2, 0.25) is 0 Å². The maximum Gasteiger partial charge on any atom is 0.273 e. The third kappa shape index (κ3) is 4.41. The summed E-state index contributed by atoms with van der Waals surface area (Å²) in [6, 6.07) is 11.8. The molecule has 0 radical (unpaired) electrons. The molecule has 2 aliphatic rings. The van der Waals surface area contributed by atoms with Crippen molar-refractivity contribution in [3.8, 4) is 5.75 Å². The first-order valence-corrected chi connectivity index (χ1v) is 11.5. The second-order valence-corrected chi connectivity index (χ2v) is 8.82. The van der Waals surface area contributed by atoms with Gasteiger partial charge in [-0.1, -0.05) is 25.1 Å². The summed E-state index contributed by atoms with van der Waals surface area (Å²) in [5.41, 5.74) is 2.94. The number of carbonyl (C=O) groups excluding carboxylic acids is 1. The quantitative estimate of drug-likeness (QED) is 0.589. The summed E-state index contributed by atoms with van der Waals surface area (Å²) in [6.07, 6.45) is 4.87. The number of benzene rings is 1. The van der Waals surface area contributed by atoms with Gasteiger partial charge in [0.05, 0.1) is 19.8 Å². The second kappa shape index (κ2) is 9.30. The average Bonchev–Trinajstić information content (AvgIpc) is 3.17. The lowest BCUT2D eigenvalue weighted by Gasteiger charge is -2.28. The van der Waals surface area contributed by atoms with E-state index in [4.69, 9.17) is 9.47 Å². The number of nitrogens with zero attached hydrogens (tertiary/aromatic N) is 3. The van der Waals surface area contributed by atoms with Gasteiger partial charge in [0.25, 0.3) is 5.56 Å². The number of hydrogen-bond acceptors (Lipinski definition) is 6. The Morgan fingerprint density at radius 3 is 2.85 bits per heavy atom. The minimum absolute atomic E-state index is 0.0717. The monoisotopic (exact) mass is 460 g/mol. The number of fused-ring (bicyclic) bond motifs is 2. The largest absolute Gasteiger partial charge is 0.488 e. The Labute approximate surface area is 197 Å². The topological polar surface area (TPSA) is 87.8 Å². The van der Waals surface area contributed by atoms with Gasteiger partial charge in [0, 0.05) is 49.3 Å². The molecule has 1 fully saturated rings. The van der Waals surface area contributed by atoms with Crippen molar-refractivity contribution in [2.24, 2.45) is 0 Å². The number of ether oxygens (including phenoxy) is 2. The minimum Gasteiger partial charge on any atom is -0.488 e. The molecule has 4 heterocycles. The van der Waals surface area contributed by atoms with E-state index in [0.717, 1.165) is 16.7 Å². The maximum absolute atomic E-state index is 12.7. The van der Waals surface area contributed by atoms with Crippen molar-refractivity contribution in [1.29, 1.82) is 0 Å². The smallest absolute Gasteiger partial charge is 0.273 e. The molecule has 0 spiro atoms. The molecule has 0 saturated carbocycles. The molecule has 5 rings (SSSR count). The van der Waals surface area contributed by atoms with Gasteiger partial charge in [-0.25, -0.2) is 4.98 Å². The highest BCUT2D eigenvalue weighted by Gasteiger charge is 2.31. The molecule has 2 aromatic heterocycles. The molecule has 1 aromatic carbocycles. The zero-order chi connectivity index (χ0) is 23.7. The molecule has 2 unspecified atom stereocenters. The first kappa shape index (κ1) is 22.2. The van der Waals surface area contributed by atoms with E-state index < -0.39 is 0 Å². The number of para-hydroxylation sites is 1. The Kier molecular flexibility index (Phi) is 6.06. The summed E-state index contributed by atoms with van der Waals surface area (Å²) in [7, 11) is 1.78. The van der Waals surface area contributed by atoms with Gasteiger partial charge in [-0.05, 0) is 29.8 Å². The van der Waals surface area contributed by atoms with Crippen molar-refractivity contribution in [2.75, 3.05) is 44.8 Å². The molecule has 1 N–H and O–H groups in total. The summed E-state index contributed by atoms with van der Waals surface area (Å²) in [5.74, 6) is 1.01. The van der Waals surface area contributed by atoms with E-state index in [1.54, 1.807) is 30.3 Å². The molecule has 8 heteroatoms. The van der Waals surface area contributed by atoms with Gasteiger partial charge in [0.1, 0.15) is 23.2 Å². The summed E-state index contributed by atoms with van der Waals surface area (Å²) < 4.78 is 11.4. The molecular weight excluding hydrogens is 432 g/mol. The molecular formula is C26H28N4O4. The number of anilines is 1. The third-order valence-electron chi connectivity index (χ3n) is 6.54. The van der Waals surface area contributed by atoms with Crippen LogP contribution in [0.1, 0.15) is 24.0 Å². The third-order valence-corrected chi connectivity index (χ3v) is 6.54. The van der Waals surface area contributed by atoms with Crippen molar-refractivity contribution in [3.05, 3.63) is 70.2 Å². The number of hydrogen-bond donors (Lipinski definition) is 1. The van der Waals surface area contributed by atoms with E-state index in [0.29, 0.717) is 44.2 Å². The predicted molar refractivity (Wildman–Crippen MR) is 131 cm³/mol. The number of likely N-dealkylation sites (N-methyl/N-ethyl adjacent to an activating group) is 1. The van der Waals surface area contributed by atoms with Crippen molar-refractivity contribution < 1.29 is 14.3 Å². The SMILES string of the molecule is CC1c2ccccc2OC1CN(C)C(=O)/C=C/c1cnc2[nH]c(=O)c(N3CCOCC3)cc2c1. The van der Waals surface area contributed by atoms with Gasteiger partial charge < -0.3 is 24.3 Å². The number of carbonyl (C=O) groups is 1. The van der Waals surface area contributed by atoms with E-state index >= 15 is 0 Å². The number of morpholine rings is 1. The number of rotatable bonds is 5. The summed E-state index contributed by atoms with van der Waals surface area (Å²) in [6.45, 7) is 5.18. The molecule has 2 aliphatic heterocycles. The van der Waals surface area contributed by atoms with Crippen LogP contribution in [0, 0.1) is 0 Å². The molecule has 8 nitrogen and oxygen atoms in total. The Hall–Kier alpha value is -3.65. The standard InChI is InChI=1S/C26H28N4O4/c1-17-20-5-3-4-6-22(20)34-23(17)16-29(2)24(31)8-7-18-13-19-14-21(30-9-11-33-12-10-30)26(32)28-25(19)27-15-18/h3-8,13-15,17,23H,9-12,16H2,1-2H3,(H,27,28,32)/b8-7+. The number of pyridine rings is 2. The van der Waals surface area contributed by atoms with Crippen LogP contribution in [0.5, 0.6) is 5.75 Å². The maximum atomic E-state index is 12.7. The average molecular weight is 461 g/mol. The zero-order valence-corrected chi connectivity index (χ0v) is 19.4. The first-order chi connectivity index (χ1) is 16.5. The number of amides is 1. The summed E-state index contributed by atoms with van der Waals surface area (Å²) >= 11 is 0. The molecule has 34 heavy (non-hydrogen) atoms. The van der Waals surface area contributed by atoms with Gasteiger partial charge in [-0.15, -0.1) is 0 Å². The normalized spacial score (nSPS) is 19.9. The van der Waals surface area contributed by atoms with Crippen molar-refractivity contribution in [1.82, 2.24) is 14.9 Å². The highest BCUT2D eigenvalue weighted by molar-refractivity contribution is 5.92. The van der Waals surface area contributed by atoms with Gasteiger partial charge >= 0.3 is 0 Å². The van der Waals surface area contributed by atoms with Crippen molar-refractivity contribution in [2.45, 2.75) is 18.9 Å². The van der Waals surface area contributed by atoms with E-state index in [1.807, 2.05) is 35.2 Å². The fourth-order valence-corrected chi connectivity index (χ4v) is 4.51. The Bertz CT molecular complexity index is 1300. The van der Waals surface area contributed by atoms with Crippen LogP contribution in [0.4, 0.5) is 5.69 Å². The minimum atomic E-state index is -0.160. The first-order valence-electron chi connectivity index (χ1n) is 11.5. The molecule has 1 amide bonds. The van der Waals surface area contributed by atoms with Crippen LogP contribution in [0.3, 0.4) is 0 Å².